The number of hydrogen-bond donors (Lipinski definition) is 2. The SMILES string of the molecule is O=C1NC(=O)N(Cc2ccco2)C(=O)/C1=C/c1cc(Br)c(O)c(Br)c1. The predicted molar refractivity (Wildman–Crippen MR) is 94.3 cm³/mol. The van der Waals surface area contributed by atoms with Crippen molar-refractivity contribution in [2.24, 2.45) is 0 Å². The quantitative estimate of drug-likeness (QED) is 0.531. The van der Waals surface area contributed by atoms with E-state index in [0.29, 0.717) is 20.3 Å². The molecule has 4 amide bonds. The van der Waals surface area contributed by atoms with Crippen molar-refractivity contribution in [2.45, 2.75) is 6.54 Å². The van der Waals surface area contributed by atoms with Crippen LogP contribution in [0.25, 0.3) is 6.08 Å². The van der Waals surface area contributed by atoms with Crippen LogP contribution >= 0.6 is 31.9 Å². The van der Waals surface area contributed by atoms with Crippen LogP contribution in [0.5, 0.6) is 5.75 Å². The number of barbiturate groups is 1. The number of nitrogens with one attached hydrogen (secondary N) is 1. The number of phenolic OH excluding ortho intramolecular Hbond substituents is 1. The number of carbonyl (C=O) groups is 3. The van der Waals surface area contributed by atoms with Crippen molar-refractivity contribution >= 4 is 55.8 Å². The largest absolute Gasteiger partial charge is 0.506 e. The average molecular weight is 470 g/mol. The summed E-state index contributed by atoms with van der Waals surface area (Å²) in [7, 11) is 0. The minimum atomic E-state index is -0.809. The van der Waals surface area contributed by atoms with Crippen LogP contribution < -0.4 is 5.32 Å². The molecule has 2 aromatic rings. The molecule has 0 unspecified atom stereocenters. The Morgan fingerprint density at radius 1 is 1.20 bits per heavy atom. The van der Waals surface area contributed by atoms with E-state index in [1.165, 1.54) is 12.3 Å². The zero-order valence-corrected chi connectivity index (χ0v) is 15.6. The Bertz CT molecular complexity index is 882. The number of imide groups is 2. The predicted octanol–water partition coefficient (Wildman–Crippen LogP) is 3.17. The smallest absolute Gasteiger partial charge is 0.331 e. The highest BCUT2D eigenvalue weighted by molar-refractivity contribution is 9.11. The Kier molecular flexibility index (Phi) is 4.78. The number of urea groups is 1. The van der Waals surface area contributed by atoms with E-state index in [4.69, 9.17) is 4.42 Å². The van der Waals surface area contributed by atoms with E-state index < -0.39 is 17.8 Å². The summed E-state index contributed by atoms with van der Waals surface area (Å²) in [5.74, 6) is -1.11. The first-order chi connectivity index (χ1) is 11.9. The lowest BCUT2D eigenvalue weighted by atomic mass is 10.1. The van der Waals surface area contributed by atoms with Gasteiger partial charge >= 0.3 is 6.03 Å². The van der Waals surface area contributed by atoms with Gasteiger partial charge in [0.05, 0.1) is 21.8 Å². The van der Waals surface area contributed by atoms with Crippen LogP contribution in [0.4, 0.5) is 4.79 Å². The van der Waals surface area contributed by atoms with Crippen molar-refractivity contribution in [3.63, 3.8) is 0 Å². The Labute approximate surface area is 158 Å². The molecule has 0 bridgehead atoms. The Morgan fingerprint density at radius 3 is 2.48 bits per heavy atom. The minimum absolute atomic E-state index is 0.00352. The summed E-state index contributed by atoms with van der Waals surface area (Å²) >= 11 is 6.36. The molecule has 3 rings (SSSR count). The first-order valence-electron chi connectivity index (χ1n) is 6.96. The third-order valence-electron chi connectivity index (χ3n) is 3.43. The van der Waals surface area contributed by atoms with Gasteiger partial charge in [-0.1, -0.05) is 0 Å². The highest BCUT2D eigenvalue weighted by Crippen LogP contribution is 2.34. The number of furan rings is 1. The molecule has 1 aromatic heterocycles. The summed E-state index contributed by atoms with van der Waals surface area (Å²) in [6.07, 6.45) is 2.77. The first-order valence-corrected chi connectivity index (χ1v) is 8.54. The molecule has 7 nitrogen and oxygen atoms in total. The second-order valence-corrected chi connectivity index (χ2v) is 6.83. The van der Waals surface area contributed by atoms with Gasteiger partial charge in [-0.3, -0.25) is 19.8 Å². The summed E-state index contributed by atoms with van der Waals surface area (Å²) in [6.45, 7) is -0.0920. The van der Waals surface area contributed by atoms with Crippen LogP contribution in [0.2, 0.25) is 0 Å². The molecule has 0 aliphatic carbocycles. The van der Waals surface area contributed by atoms with Gasteiger partial charge in [0, 0.05) is 0 Å². The van der Waals surface area contributed by atoms with E-state index in [-0.39, 0.29) is 17.9 Å². The van der Waals surface area contributed by atoms with Gasteiger partial charge in [0.1, 0.15) is 17.1 Å². The monoisotopic (exact) mass is 468 g/mol. The van der Waals surface area contributed by atoms with Crippen molar-refractivity contribution in [3.8, 4) is 5.75 Å². The van der Waals surface area contributed by atoms with Crippen LogP contribution in [-0.4, -0.2) is 27.9 Å². The lowest BCUT2D eigenvalue weighted by Gasteiger charge is -2.25. The lowest BCUT2D eigenvalue weighted by molar-refractivity contribution is -0.130. The van der Waals surface area contributed by atoms with Crippen molar-refractivity contribution < 1.29 is 23.9 Å². The zero-order valence-electron chi connectivity index (χ0n) is 12.5. The van der Waals surface area contributed by atoms with Gasteiger partial charge in [0.25, 0.3) is 11.8 Å². The minimum Gasteiger partial charge on any atom is -0.506 e. The van der Waals surface area contributed by atoms with Gasteiger partial charge in [0.2, 0.25) is 0 Å². The molecule has 9 heteroatoms. The van der Waals surface area contributed by atoms with Gasteiger partial charge in [-0.15, -0.1) is 0 Å². The second kappa shape index (κ2) is 6.85. The second-order valence-electron chi connectivity index (χ2n) is 5.12. The molecule has 2 N–H and O–H groups in total. The van der Waals surface area contributed by atoms with E-state index in [1.807, 2.05) is 0 Å². The molecule has 1 fully saturated rings. The van der Waals surface area contributed by atoms with Gasteiger partial charge in [-0.05, 0) is 67.8 Å². The van der Waals surface area contributed by atoms with Crippen molar-refractivity contribution in [1.82, 2.24) is 10.2 Å². The molecule has 0 radical (unpaired) electrons. The fourth-order valence-electron chi connectivity index (χ4n) is 2.23. The van der Waals surface area contributed by atoms with Gasteiger partial charge in [-0.2, -0.15) is 0 Å². The summed E-state index contributed by atoms with van der Waals surface area (Å²) in [6, 6.07) is 5.53. The molecule has 1 aliphatic rings. The Balaban J connectivity index is 1.95. The van der Waals surface area contributed by atoms with Crippen molar-refractivity contribution in [3.05, 3.63) is 56.4 Å². The number of hydrogen-bond acceptors (Lipinski definition) is 5. The number of benzene rings is 1. The van der Waals surface area contributed by atoms with Gasteiger partial charge in [-0.25, -0.2) is 4.79 Å². The van der Waals surface area contributed by atoms with Crippen LogP contribution in [0.3, 0.4) is 0 Å². The molecule has 0 atom stereocenters. The Hall–Kier alpha value is -2.39. The number of carbonyl (C=O) groups excluding carboxylic acids is 3. The average Bonchev–Trinajstić information content (AvgIpc) is 3.06. The number of amides is 4. The van der Waals surface area contributed by atoms with E-state index in [2.05, 4.69) is 37.2 Å². The molecule has 2 heterocycles. The Morgan fingerprint density at radius 2 is 1.88 bits per heavy atom. The third-order valence-corrected chi connectivity index (χ3v) is 4.64. The highest BCUT2D eigenvalue weighted by atomic mass is 79.9. The van der Waals surface area contributed by atoms with Crippen LogP contribution in [-0.2, 0) is 16.1 Å². The normalized spacial score (nSPS) is 16.5. The maximum atomic E-state index is 12.6. The van der Waals surface area contributed by atoms with E-state index in [1.54, 1.807) is 24.3 Å². The molecule has 1 aliphatic heterocycles. The van der Waals surface area contributed by atoms with E-state index in [0.717, 1.165) is 4.90 Å². The number of nitrogens with zero attached hydrogens (tertiary/aromatic N) is 1. The van der Waals surface area contributed by atoms with E-state index >= 15 is 0 Å². The lowest BCUT2D eigenvalue weighted by Crippen LogP contribution is -2.53. The van der Waals surface area contributed by atoms with Crippen molar-refractivity contribution in [2.75, 3.05) is 0 Å². The van der Waals surface area contributed by atoms with Crippen LogP contribution in [0.1, 0.15) is 11.3 Å². The number of aromatic hydroxyl groups is 1. The number of halogens is 2. The molecule has 0 spiro atoms. The zero-order chi connectivity index (χ0) is 18.1. The maximum absolute atomic E-state index is 12.6. The topological polar surface area (TPSA) is 99.9 Å². The highest BCUT2D eigenvalue weighted by Gasteiger charge is 2.36. The molecule has 1 aromatic carbocycles. The first kappa shape index (κ1) is 17.4. The molecule has 0 saturated carbocycles. The maximum Gasteiger partial charge on any atom is 0.331 e. The van der Waals surface area contributed by atoms with E-state index in [9.17, 15) is 19.5 Å². The molecule has 128 valence electrons. The molecular weight excluding hydrogens is 460 g/mol. The summed E-state index contributed by atoms with van der Waals surface area (Å²) in [4.78, 5) is 37.5. The number of phenols is 1. The third kappa shape index (κ3) is 3.52. The molecular formula is C16H10Br2N2O5. The standard InChI is InChI=1S/C16H10Br2N2O5/c17-11-5-8(6-12(18)13(11)21)4-10-14(22)19-16(24)20(15(10)23)7-9-2-1-3-25-9/h1-6,21H,7H2,(H,19,22,24)/b10-4+. The van der Waals surface area contributed by atoms with Crippen LogP contribution in [0, 0.1) is 0 Å². The van der Waals surface area contributed by atoms with Crippen LogP contribution in [0.15, 0.2) is 49.5 Å². The van der Waals surface area contributed by atoms with Gasteiger partial charge in [0.15, 0.2) is 0 Å². The van der Waals surface area contributed by atoms with Gasteiger partial charge < -0.3 is 9.52 Å². The summed E-state index contributed by atoms with van der Waals surface area (Å²) < 4.78 is 5.92. The molecule has 25 heavy (non-hydrogen) atoms. The molecule has 1 saturated heterocycles. The summed E-state index contributed by atoms with van der Waals surface area (Å²) in [5, 5.41) is 11.9. The fourth-order valence-corrected chi connectivity index (χ4v) is 3.45. The number of rotatable bonds is 3. The summed E-state index contributed by atoms with van der Waals surface area (Å²) in [5.41, 5.74) is 0.290. The fraction of sp³-hybridized carbons (Fsp3) is 0.0625. The van der Waals surface area contributed by atoms with Crippen molar-refractivity contribution in [1.29, 1.82) is 0 Å².